The van der Waals surface area contributed by atoms with Crippen LogP contribution in [0.25, 0.3) is 21.0 Å². The monoisotopic (exact) mass is 465 g/mol. The van der Waals surface area contributed by atoms with Crippen LogP contribution in [0.5, 0.6) is 5.75 Å². The van der Waals surface area contributed by atoms with Crippen molar-refractivity contribution >= 4 is 49.9 Å². The van der Waals surface area contributed by atoms with E-state index in [1.807, 2.05) is 37.3 Å². The van der Waals surface area contributed by atoms with Crippen LogP contribution in [0, 0.1) is 10.1 Å². The zero-order valence-electron chi connectivity index (χ0n) is 17.8. The molecular weight excluding hydrogens is 446 g/mol. The molecule has 4 rings (SSSR count). The summed E-state index contributed by atoms with van der Waals surface area (Å²) in [4.78, 5) is 40.6. The van der Waals surface area contributed by atoms with Crippen LogP contribution in [0.1, 0.15) is 17.3 Å². The lowest BCUT2D eigenvalue weighted by molar-refractivity contribution is -0.384. The Bertz CT molecular complexity index is 1470. The molecule has 0 atom stereocenters. The Labute approximate surface area is 191 Å². The zero-order valence-corrected chi connectivity index (χ0v) is 18.6. The van der Waals surface area contributed by atoms with Crippen LogP contribution in [-0.2, 0) is 16.1 Å². The number of thiazole rings is 1. The number of fused-ring (bicyclic) bond motifs is 2. The molecule has 4 aromatic rings. The predicted molar refractivity (Wildman–Crippen MR) is 123 cm³/mol. The summed E-state index contributed by atoms with van der Waals surface area (Å²) >= 11 is 1.08. The van der Waals surface area contributed by atoms with Crippen LogP contribution < -0.4 is 9.54 Å². The molecule has 33 heavy (non-hydrogen) atoms. The minimum absolute atomic E-state index is 0.0977. The van der Waals surface area contributed by atoms with Gasteiger partial charge in [-0.15, -0.1) is 0 Å². The Morgan fingerprint density at radius 1 is 1.15 bits per heavy atom. The molecule has 0 aliphatic carbocycles. The second-order valence-electron chi connectivity index (χ2n) is 6.97. The summed E-state index contributed by atoms with van der Waals surface area (Å²) < 4.78 is 12.5. The predicted octanol–water partition coefficient (Wildman–Crippen LogP) is 4.08. The second kappa shape index (κ2) is 9.21. The number of nitro benzene ring substituents is 1. The van der Waals surface area contributed by atoms with Crippen molar-refractivity contribution in [1.29, 1.82) is 0 Å². The quantitative estimate of drug-likeness (QED) is 0.241. The van der Waals surface area contributed by atoms with Gasteiger partial charge >= 0.3 is 5.97 Å². The highest BCUT2D eigenvalue weighted by Gasteiger charge is 2.19. The Morgan fingerprint density at radius 2 is 1.94 bits per heavy atom. The number of nitro groups is 1. The highest BCUT2D eigenvalue weighted by molar-refractivity contribution is 7.16. The van der Waals surface area contributed by atoms with Crippen molar-refractivity contribution in [2.24, 2.45) is 4.99 Å². The number of hydrogen-bond donors (Lipinski definition) is 0. The van der Waals surface area contributed by atoms with E-state index in [0.717, 1.165) is 16.7 Å². The first kappa shape index (κ1) is 22.2. The number of nitrogens with zero attached hydrogens (tertiary/aromatic N) is 3. The number of aromatic nitrogens is 1. The van der Waals surface area contributed by atoms with Crippen LogP contribution in [0.3, 0.4) is 0 Å². The first-order chi connectivity index (χ1) is 15.9. The molecule has 0 saturated carbocycles. The van der Waals surface area contributed by atoms with Gasteiger partial charge in [0.15, 0.2) is 4.80 Å². The number of non-ortho nitro benzene ring substituents is 1. The molecule has 9 nitrogen and oxygen atoms in total. The number of esters is 1. The smallest absolute Gasteiger partial charge is 0.325 e. The molecule has 0 aliphatic rings. The van der Waals surface area contributed by atoms with E-state index in [1.165, 1.54) is 29.9 Å². The van der Waals surface area contributed by atoms with Gasteiger partial charge in [0.25, 0.3) is 11.6 Å². The van der Waals surface area contributed by atoms with Crippen molar-refractivity contribution in [3.05, 3.63) is 75.1 Å². The lowest BCUT2D eigenvalue weighted by Gasteiger charge is -2.10. The highest BCUT2D eigenvalue weighted by Crippen LogP contribution is 2.29. The standard InChI is InChI=1S/C23H19N3O6S/c1-3-32-18-11-8-14-6-4-5-7-16(14)21(18)22(28)24-23-25(13-20(27)31-2)17-10-9-15(26(29)30)12-19(17)33-23/h4-12H,3,13H2,1-2H3. The number of rotatable bonds is 6. The van der Waals surface area contributed by atoms with Crippen LogP contribution in [0.4, 0.5) is 5.69 Å². The Hall–Kier alpha value is -4.05. The molecule has 1 aromatic heterocycles. The van der Waals surface area contributed by atoms with E-state index < -0.39 is 16.8 Å². The van der Waals surface area contributed by atoms with Crippen molar-refractivity contribution in [2.45, 2.75) is 13.5 Å². The van der Waals surface area contributed by atoms with Gasteiger partial charge in [0.1, 0.15) is 12.3 Å². The molecule has 0 N–H and O–H groups in total. The fraction of sp³-hybridized carbons (Fsp3) is 0.174. The van der Waals surface area contributed by atoms with Crippen LogP contribution in [0.2, 0.25) is 0 Å². The molecule has 168 valence electrons. The third-order valence-electron chi connectivity index (χ3n) is 4.99. The minimum atomic E-state index is -0.546. The topological polar surface area (TPSA) is 113 Å². The maximum absolute atomic E-state index is 13.4. The normalized spacial score (nSPS) is 11.6. The number of benzene rings is 3. The molecule has 10 heteroatoms. The van der Waals surface area contributed by atoms with Crippen molar-refractivity contribution in [1.82, 2.24) is 4.57 Å². The molecule has 0 spiro atoms. The van der Waals surface area contributed by atoms with Gasteiger partial charge in [-0.2, -0.15) is 4.99 Å². The van der Waals surface area contributed by atoms with Gasteiger partial charge in [-0.05, 0) is 29.8 Å². The Morgan fingerprint density at radius 3 is 2.67 bits per heavy atom. The van der Waals surface area contributed by atoms with Crippen LogP contribution in [-0.4, -0.2) is 35.1 Å². The van der Waals surface area contributed by atoms with E-state index in [1.54, 1.807) is 6.07 Å². The van der Waals surface area contributed by atoms with Crippen LogP contribution >= 0.6 is 11.3 Å². The minimum Gasteiger partial charge on any atom is -0.493 e. The average molecular weight is 465 g/mol. The number of methoxy groups -OCH3 is 1. The Kier molecular flexibility index (Phi) is 6.18. The first-order valence-corrected chi connectivity index (χ1v) is 10.8. The summed E-state index contributed by atoms with van der Waals surface area (Å²) in [6, 6.07) is 15.3. The van der Waals surface area contributed by atoms with E-state index >= 15 is 0 Å². The number of hydrogen-bond acceptors (Lipinski definition) is 7. The Balaban J connectivity index is 1.94. The average Bonchev–Trinajstić information content (AvgIpc) is 3.14. The lowest BCUT2D eigenvalue weighted by atomic mass is 10.0. The molecule has 1 heterocycles. The van der Waals surface area contributed by atoms with Gasteiger partial charge < -0.3 is 14.0 Å². The van der Waals surface area contributed by atoms with Gasteiger partial charge in [-0.1, -0.05) is 41.7 Å². The van der Waals surface area contributed by atoms with Gasteiger partial charge in [0, 0.05) is 12.1 Å². The molecule has 1 amide bonds. The number of carbonyl (C=O) groups is 2. The molecular formula is C23H19N3O6S. The van der Waals surface area contributed by atoms with Gasteiger partial charge in [-0.3, -0.25) is 19.7 Å². The highest BCUT2D eigenvalue weighted by atomic mass is 32.1. The molecule has 0 bridgehead atoms. The van der Waals surface area contributed by atoms with Crippen molar-refractivity contribution in [3.8, 4) is 5.75 Å². The first-order valence-electron chi connectivity index (χ1n) is 10.0. The number of amides is 1. The van der Waals surface area contributed by atoms with Gasteiger partial charge in [0.2, 0.25) is 0 Å². The van der Waals surface area contributed by atoms with Crippen molar-refractivity contribution in [3.63, 3.8) is 0 Å². The molecule has 0 fully saturated rings. The van der Waals surface area contributed by atoms with Crippen molar-refractivity contribution in [2.75, 3.05) is 13.7 Å². The second-order valence-corrected chi connectivity index (χ2v) is 7.97. The summed E-state index contributed by atoms with van der Waals surface area (Å²) in [5.41, 5.74) is 0.744. The van der Waals surface area contributed by atoms with Crippen molar-refractivity contribution < 1.29 is 24.0 Å². The third-order valence-corrected chi connectivity index (χ3v) is 6.03. The van der Waals surface area contributed by atoms with E-state index in [4.69, 9.17) is 9.47 Å². The summed E-state index contributed by atoms with van der Waals surface area (Å²) in [7, 11) is 1.26. The third kappa shape index (κ3) is 4.33. The number of ether oxygens (including phenoxy) is 2. The summed E-state index contributed by atoms with van der Waals surface area (Å²) in [6.07, 6.45) is 0. The fourth-order valence-corrected chi connectivity index (χ4v) is 4.56. The molecule has 0 radical (unpaired) electrons. The fourth-order valence-electron chi connectivity index (χ4n) is 3.50. The maximum Gasteiger partial charge on any atom is 0.325 e. The van der Waals surface area contributed by atoms with E-state index in [2.05, 4.69) is 4.99 Å². The molecule has 0 saturated heterocycles. The summed E-state index contributed by atoms with van der Waals surface area (Å²) in [6.45, 7) is 1.99. The largest absolute Gasteiger partial charge is 0.493 e. The number of carbonyl (C=O) groups excluding carboxylic acids is 2. The van der Waals surface area contributed by atoms with Crippen LogP contribution in [0.15, 0.2) is 59.6 Å². The molecule has 3 aromatic carbocycles. The molecule has 0 aliphatic heterocycles. The zero-order chi connectivity index (χ0) is 23.5. The lowest BCUT2D eigenvalue weighted by Crippen LogP contribution is -2.22. The SMILES string of the molecule is CCOc1ccc2ccccc2c1C(=O)N=c1sc2cc([N+](=O)[O-])ccc2n1CC(=O)OC. The van der Waals surface area contributed by atoms with E-state index in [-0.39, 0.29) is 17.0 Å². The van der Waals surface area contributed by atoms with Gasteiger partial charge in [0.05, 0.1) is 34.4 Å². The van der Waals surface area contributed by atoms with Gasteiger partial charge in [-0.25, -0.2) is 0 Å². The summed E-state index contributed by atoms with van der Waals surface area (Å²) in [5.74, 6) is -0.682. The van der Waals surface area contributed by atoms with E-state index in [0.29, 0.717) is 33.5 Å². The maximum atomic E-state index is 13.4. The molecule has 0 unspecified atom stereocenters. The van der Waals surface area contributed by atoms with E-state index in [9.17, 15) is 19.7 Å². The summed E-state index contributed by atoms with van der Waals surface area (Å²) in [5, 5.41) is 12.7.